The second-order valence-electron chi connectivity index (χ2n) is 12.0. The molecule has 26 nitrogen and oxygen atoms in total. The number of hydrogen-bond acceptors (Lipinski definition) is 20. The van der Waals surface area contributed by atoms with Gasteiger partial charge in [-0.1, -0.05) is 25.6 Å². The number of rotatable bonds is 21. The highest BCUT2D eigenvalue weighted by molar-refractivity contribution is 8.13. The molecule has 3 heterocycles. The Morgan fingerprint density at radius 2 is 1.74 bits per heavy atom. The van der Waals surface area contributed by atoms with Crippen LogP contribution in [0.5, 0.6) is 0 Å². The Morgan fingerprint density at radius 3 is 2.39 bits per heavy atom. The number of imidazole rings is 1. The zero-order valence-corrected chi connectivity index (χ0v) is 31.9. The highest BCUT2D eigenvalue weighted by Crippen LogP contribution is 2.61. The molecule has 0 spiro atoms. The van der Waals surface area contributed by atoms with E-state index in [1.807, 2.05) is 0 Å². The first-order valence-corrected chi connectivity index (χ1v) is 20.9. The monoisotopic (exact) mass is 854 g/mol. The molecule has 2 aromatic heterocycles. The summed E-state index contributed by atoms with van der Waals surface area (Å²) in [6.45, 7) is -0.265. The number of anilines is 1. The number of thioether (sulfide) groups is 1. The highest BCUT2D eigenvalue weighted by atomic mass is 32.2. The summed E-state index contributed by atoms with van der Waals surface area (Å²) in [5.74, 6) is -1.38. The van der Waals surface area contributed by atoms with Gasteiger partial charge >= 0.3 is 23.5 Å². The lowest BCUT2D eigenvalue weighted by Gasteiger charge is -2.30. The number of hydrogen-bond donors (Lipinski definition) is 11. The Kier molecular flexibility index (Phi) is 16.2. The molecule has 1 aliphatic heterocycles. The molecule has 2 aromatic rings. The number of carbonyl (C=O) groups excluding carboxylic acids is 3. The molecule has 54 heavy (non-hydrogen) atoms. The molecule has 13 N–H and O–H groups in total. The molecule has 7 unspecified atom stereocenters. The van der Waals surface area contributed by atoms with Crippen LogP contribution in [0.25, 0.3) is 11.2 Å². The lowest BCUT2D eigenvalue weighted by atomic mass is 9.87. The fraction of sp³-hybridized carbons (Fsp3) is 0.667. The van der Waals surface area contributed by atoms with Gasteiger partial charge in [-0.2, -0.15) is 4.31 Å². The maximum Gasteiger partial charge on any atom is 0.481 e. The van der Waals surface area contributed by atoms with Crippen molar-refractivity contribution in [3.8, 4) is 0 Å². The van der Waals surface area contributed by atoms with E-state index in [1.54, 1.807) is 0 Å². The Balaban J connectivity index is 1.51. The van der Waals surface area contributed by atoms with Crippen LogP contribution < -0.4 is 22.1 Å². The van der Waals surface area contributed by atoms with E-state index in [1.165, 1.54) is 13.8 Å². The molecule has 1 fully saturated rings. The van der Waals surface area contributed by atoms with Gasteiger partial charge in [0, 0.05) is 30.7 Å². The van der Waals surface area contributed by atoms with E-state index < -0.39 is 102 Å². The van der Waals surface area contributed by atoms with Crippen LogP contribution in [0.2, 0.25) is 0 Å². The molecule has 30 heteroatoms. The first-order chi connectivity index (χ1) is 25.0. The number of nitrogens with two attached hydrogens (primary N) is 2. The number of aliphatic hydroxyl groups is 3. The highest BCUT2D eigenvalue weighted by Gasteiger charge is 2.50. The van der Waals surface area contributed by atoms with E-state index in [-0.39, 0.29) is 42.2 Å². The van der Waals surface area contributed by atoms with Crippen LogP contribution in [0.4, 0.5) is 5.82 Å². The molecule has 306 valence electrons. The van der Waals surface area contributed by atoms with E-state index in [0.717, 1.165) is 29.0 Å². The molecule has 2 amide bonds. The van der Waals surface area contributed by atoms with Gasteiger partial charge in [-0.3, -0.25) is 32.5 Å². The second kappa shape index (κ2) is 19.1. The van der Waals surface area contributed by atoms with Crippen LogP contribution in [0.15, 0.2) is 12.7 Å². The normalized spacial score (nSPS) is 22.6. The predicted octanol–water partition coefficient (Wildman–Crippen LogP) is -3.02. The van der Waals surface area contributed by atoms with E-state index >= 15 is 0 Å². The van der Waals surface area contributed by atoms with E-state index in [0.29, 0.717) is 0 Å². The number of nitrogens with one attached hydrogen (secondary N) is 2. The number of aromatic nitrogens is 4. The number of nitrogen functional groups attached to an aromatic ring is 1. The minimum Gasteiger partial charge on any atom is -0.394 e. The quantitative estimate of drug-likeness (QED) is 0.0440. The first kappa shape index (κ1) is 45.9. The molecule has 3 rings (SSSR count). The third-order valence-electron chi connectivity index (χ3n) is 7.25. The zero-order valence-electron chi connectivity index (χ0n) is 28.4. The molecule has 0 aromatic carbocycles. The molecule has 1 aliphatic rings. The van der Waals surface area contributed by atoms with Crippen LogP contribution in [-0.4, -0.2) is 140 Å². The average molecular weight is 855 g/mol. The Bertz CT molecular complexity index is 1780. The predicted molar refractivity (Wildman–Crippen MR) is 182 cm³/mol. The van der Waals surface area contributed by atoms with Crippen LogP contribution in [-0.2, 0) is 50.7 Å². The third-order valence-corrected chi connectivity index (χ3v) is 11.3. The number of phosphoric acid groups is 3. The SMILES string of the molecule is CC(C)(COP(=O)(O)OP(=O)(O)OCC1OC(n2cnc3c(N)ncnc32)C(O)C1OP(=O)(O)O)C(O)C(=O)NCCC(=O)NCCSC(=O)[C@@H](N)CO. The minimum atomic E-state index is -5.58. The van der Waals surface area contributed by atoms with Gasteiger partial charge in [0.1, 0.15) is 36.3 Å². The lowest BCUT2D eigenvalue weighted by Crippen LogP contribution is -2.46. The Hall–Kier alpha value is -2.52. The summed E-state index contributed by atoms with van der Waals surface area (Å²) in [5, 5.41) is 34.5. The summed E-state index contributed by atoms with van der Waals surface area (Å²) >= 11 is 0.818. The fourth-order valence-electron chi connectivity index (χ4n) is 4.46. The van der Waals surface area contributed by atoms with Gasteiger partial charge in [-0.05, 0) is 0 Å². The van der Waals surface area contributed by atoms with Gasteiger partial charge in [0.2, 0.25) is 16.9 Å². The molecule has 1 saturated heterocycles. The number of ether oxygens (including phenoxy) is 1. The van der Waals surface area contributed by atoms with Crippen molar-refractivity contribution >= 4 is 69.1 Å². The summed E-state index contributed by atoms with van der Waals surface area (Å²) < 4.78 is 61.9. The van der Waals surface area contributed by atoms with Crippen molar-refractivity contribution in [2.24, 2.45) is 11.1 Å². The smallest absolute Gasteiger partial charge is 0.394 e. The molecule has 8 atom stereocenters. The van der Waals surface area contributed by atoms with E-state index in [9.17, 15) is 57.9 Å². The second-order valence-corrected chi connectivity index (χ2v) is 17.4. The van der Waals surface area contributed by atoms with Crippen molar-refractivity contribution in [2.45, 2.75) is 57.0 Å². The maximum absolute atomic E-state index is 12.6. The van der Waals surface area contributed by atoms with Crippen molar-refractivity contribution < 1.29 is 85.6 Å². The van der Waals surface area contributed by atoms with E-state index in [4.69, 9.17) is 30.4 Å². The molecular formula is C24H41N8O18P3S. The minimum absolute atomic E-state index is 0.0229. The number of carbonyl (C=O) groups is 3. The molecule has 0 bridgehead atoms. The summed E-state index contributed by atoms with van der Waals surface area (Å²) in [6.07, 6.45) is -7.04. The molecule has 0 saturated carbocycles. The van der Waals surface area contributed by atoms with Gasteiger partial charge in [0.05, 0.1) is 32.2 Å². The lowest BCUT2D eigenvalue weighted by molar-refractivity contribution is -0.137. The van der Waals surface area contributed by atoms with Crippen LogP contribution >= 0.6 is 35.2 Å². The summed E-state index contributed by atoms with van der Waals surface area (Å²) in [4.78, 5) is 86.8. The maximum atomic E-state index is 12.6. The Labute approximate surface area is 309 Å². The Morgan fingerprint density at radius 1 is 1.07 bits per heavy atom. The van der Waals surface area contributed by atoms with Gasteiger partial charge in [0.25, 0.3) is 0 Å². The number of nitrogens with zero attached hydrogens (tertiary/aromatic N) is 4. The van der Waals surface area contributed by atoms with Crippen LogP contribution in [0, 0.1) is 5.41 Å². The molecule has 0 radical (unpaired) electrons. The number of amides is 2. The summed E-state index contributed by atoms with van der Waals surface area (Å²) in [5.41, 5.74) is 9.59. The van der Waals surface area contributed by atoms with Crippen LogP contribution in [0.1, 0.15) is 26.5 Å². The van der Waals surface area contributed by atoms with Crippen molar-refractivity contribution in [1.82, 2.24) is 30.2 Å². The topological polar surface area (TPSA) is 410 Å². The standard InChI is InChI=1S/C24H41N8O18P3S/c1-24(2,18(36)21(37)28-4-3-14(34)27-5-6-54-23(38)12(25)7-33)9-47-53(44,45)50-52(42,43)46-8-13-17(49-51(39,40)41)16(35)22(48-13)32-11-31-15-19(26)29-10-30-20(15)32/h10-13,16-18,22,33,35-36H,3-9,25H2,1-2H3,(H,27,34)(H,28,37)(H,42,43)(H,44,45)(H2,26,29,30)(H2,39,40,41)/t12-,13?,16?,17?,18?,22?/m0/s1. The fourth-order valence-corrected chi connectivity index (χ4v) is 7.99. The largest absolute Gasteiger partial charge is 0.481 e. The van der Waals surface area contributed by atoms with Gasteiger partial charge in [0.15, 0.2) is 17.7 Å². The number of aliphatic hydroxyl groups excluding tert-OH is 3. The van der Waals surface area contributed by atoms with Crippen molar-refractivity contribution in [3.63, 3.8) is 0 Å². The van der Waals surface area contributed by atoms with Crippen molar-refractivity contribution in [2.75, 3.05) is 44.4 Å². The number of phosphoric ester groups is 3. The zero-order chi connectivity index (χ0) is 40.6. The summed E-state index contributed by atoms with van der Waals surface area (Å²) in [7, 11) is -16.4. The van der Waals surface area contributed by atoms with Gasteiger partial charge < -0.3 is 61.7 Å². The first-order valence-electron chi connectivity index (χ1n) is 15.4. The molecule has 0 aliphatic carbocycles. The van der Waals surface area contributed by atoms with Crippen LogP contribution in [0.3, 0.4) is 0 Å². The third kappa shape index (κ3) is 13.3. The van der Waals surface area contributed by atoms with Crippen molar-refractivity contribution in [1.29, 1.82) is 0 Å². The number of fused-ring (bicyclic) bond motifs is 1. The molecular weight excluding hydrogens is 813 g/mol. The van der Waals surface area contributed by atoms with Crippen molar-refractivity contribution in [3.05, 3.63) is 12.7 Å². The van der Waals surface area contributed by atoms with Gasteiger partial charge in [-0.25, -0.2) is 28.6 Å². The van der Waals surface area contributed by atoms with E-state index in [2.05, 4.69) is 34.4 Å². The summed E-state index contributed by atoms with van der Waals surface area (Å²) in [6, 6.07) is -1.04. The average Bonchev–Trinajstić information content (AvgIpc) is 3.64. The van der Waals surface area contributed by atoms with Gasteiger partial charge in [-0.15, -0.1) is 0 Å².